The number of halogens is 1. The zero-order chi connectivity index (χ0) is 17.6. The van der Waals surface area contributed by atoms with Gasteiger partial charge < -0.3 is 5.32 Å². The zero-order valence-electron chi connectivity index (χ0n) is 13.4. The van der Waals surface area contributed by atoms with Gasteiger partial charge in [-0.2, -0.15) is 0 Å². The van der Waals surface area contributed by atoms with E-state index in [2.05, 4.69) is 36.2 Å². The third-order valence-corrected chi connectivity index (χ3v) is 4.89. The van der Waals surface area contributed by atoms with Crippen molar-refractivity contribution in [2.75, 3.05) is 11.1 Å². The summed E-state index contributed by atoms with van der Waals surface area (Å²) in [5, 5.41) is 3.65. The van der Waals surface area contributed by atoms with E-state index in [0.29, 0.717) is 5.82 Å². The van der Waals surface area contributed by atoms with E-state index in [1.54, 1.807) is 12.4 Å². The summed E-state index contributed by atoms with van der Waals surface area (Å²) in [4.78, 5) is 25.0. The SMILES string of the molecule is Cc1nc(SCC(=O)Nc2ccccc2Br)cc(-c2ccncc2)n1. The minimum atomic E-state index is -0.0846. The fourth-order valence-corrected chi connectivity index (χ4v) is 3.30. The molecule has 0 aliphatic heterocycles. The smallest absolute Gasteiger partial charge is 0.234 e. The minimum absolute atomic E-state index is 0.0846. The van der Waals surface area contributed by atoms with Gasteiger partial charge >= 0.3 is 0 Å². The van der Waals surface area contributed by atoms with Gasteiger partial charge in [-0.05, 0) is 53.2 Å². The molecule has 0 aliphatic carbocycles. The molecule has 2 aromatic heterocycles. The number of para-hydroxylation sites is 1. The summed E-state index contributed by atoms with van der Waals surface area (Å²) < 4.78 is 0.853. The van der Waals surface area contributed by atoms with Crippen LogP contribution in [0.3, 0.4) is 0 Å². The molecule has 0 radical (unpaired) electrons. The van der Waals surface area contributed by atoms with Gasteiger partial charge in [0.2, 0.25) is 5.91 Å². The van der Waals surface area contributed by atoms with Gasteiger partial charge in [0, 0.05) is 22.4 Å². The molecule has 2 heterocycles. The van der Waals surface area contributed by atoms with Crippen LogP contribution in [0.25, 0.3) is 11.3 Å². The summed E-state index contributed by atoms with van der Waals surface area (Å²) in [5.41, 5.74) is 2.55. The topological polar surface area (TPSA) is 67.8 Å². The second-order valence-corrected chi connectivity index (χ2v) is 7.04. The average Bonchev–Trinajstić information content (AvgIpc) is 2.62. The quantitative estimate of drug-likeness (QED) is 0.496. The first-order valence-corrected chi connectivity index (χ1v) is 9.33. The van der Waals surface area contributed by atoms with Crippen LogP contribution in [0.1, 0.15) is 5.82 Å². The fourth-order valence-electron chi connectivity index (χ4n) is 2.17. The fraction of sp³-hybridized carbons (Fsp3) is 0.111. The molecule has 0 saturated carbocycles. The van der Waals surface area contributed by atoms with Crippen molar-refractivity contribution in [3.05, 3.63) is 65.2 Å². The lowest BCUT2D eigenvalue weighted by Gasteiger charge is -2.08. The Labute approximate surface area is 158 Å². The van der Waals surface area contributed by atoms with Crippen LogP contribution < -0.4 is 5.32 Å². The van der Waals surface area contributed by atoms with Crippen molar-refractivity contribution >= 4 is 39.3 Å². The van der Waals surface area contributed by atoms with Gasteiger partial charge in [0.1, 0.15) is 10.9 Å². The highest BCUT2D eigenvalue weighted by atomic mass is 79.9. The Kier molecular flexibility index (Phi) is 5.78. The molecule has 0 aliphatic rings. The first-order valence-electron chi connectivity index (χ1n) is 7.55. The van der Waals surface area contributed by atoms with E-state index in [-0.39, 0.29) is 11.7 Å². The van der Waals surface area contributed by atoms with Gasteiger partial charge in [-0.3, -0.25) is 9.78 Å². The van der Waals surface area contributed by atoms with Gasteiger partial charge in [-0.1, -0.05) is 23.9 Å². The number of thioether (sulfide) groups is 1. The molecule has 0 saturated heterocycles. The molecular weight excluding hydrogens is 400 g/mol. The largest absolute Gasteiger partial charge is 0.324 e. The van der Waals surface area contributed by atoms with Crippen molar-refractivity contribution < 1.29 is 4.79 Å². The monoisotopic (exact) mass is 414 g/mol. The first kappa shape index (κ1) is 17.6. The molecule has 0 unspecified atom stereocenters. The van der Waals surface area contributed by atoms with Crippen molar-refractivity contribution in [3.8, 4) is 11.3 Å². The molecule has 1 N–H and O–H groups in total. The summed E-state index contributed by atoms with van der Waals surface area (Å²) in [6, 6.07) is 13.2. The number of carbonyl (C=O) groups is 1. The molecule has 5 nitrogen and oxygen atoms in total. The van der Waals surface area contributed by atoms with Gasteiger partial charge in [-0.15, -0.1) is 0 Å². The lowest BCUT2D eigenvalue weighted by molar-refractivity contribution is -0.113. The summed E-state index contributed by atoms with van der Waals surface area (Å²) in [6.45, 7) is 1.84. The summed E-state index contributed by atoms with van der Waals surface area (Å²) in [7, 11) is 0. The number of benzene rings is 1. The van der Waals surface area contributed by atoms with Crippen molar-refractivity contribution in [1.82, 2.24) is 15.0 Å². The number of pyridine rings is 1. The highest BCUT2D eigenvalue weighted by molar-refractivity contribution is 9.10. The Hall–Kier alpha value is -2.25. The predicted molar refractivity (Wildman–Crippen MR) is 103 cm³/mol. The van der Waals surface area contributed by atoms with E-state index < -0.39 is 0 Å². The van der Waals surface area contributed by atoms with Crippen LogP contribution in [0.15, 0.2) is 64.4 Å². The zero-order valence-corrected chi connectivity index (χ0v) is 15.8. The van der Waals surface area contributed by atoms with Crippen LogP contribution in [-0.4, -0.2) is 26.6 Å². The minimum Gasteiger partial charge on any atom is -0.324 e. The highest BCUT2D eigenvalue weighted by Gasteiger charge is 2.09. The molecular formula is C18H15BrN4OS. The third kappa shape index (κ3) is 4.87. The van der Waals surface area contributed by atoms with E-state index in [1.807, 2.05) is 49.4 Å². The number of nitrogens with zero attached hydrogens (tertiary/aromatic N) is 3. The number of hydrogen-bond acceptors (Lipinski definition) is 5. The van der Waals surface area contributed by atoms with E-state index in [1.165, 1.54) is 11.8 Å². The second kappa shape index (κ2) is 8.22. The van der Waals surface area contributed by atoms with E-state index in [9.17, 15) is 4.79 Å². The Morgan fingerprint density at radius 2 is 1.92 bits per heavy atom. The van der Waals surface area contributed by atoms with Crippen molar-refractivity contribution in [2.45, 2.75) is 11.9 Å². The Balaban J connectivity index is 1.68. The number of amides is 1. The van der Waals surface area contributed by atoms with Crippen LogP contribution in [-0.2, 0) is 4.79 Å². The third-order valence-electron chi connectivity index (χ3n) is 3.29. The van der Waals surface area contributed by atoms with E-state index in [0.717, 1.165) is 26.4 Å². The van der Waals surface area contributed by atoms with Crippen molar-refractivity contribution in [1.29, 1.82) is 0 Å². The van der Waals surface area contributed by atoms with Crippen LogP contribution in [0.4, 0.5) is 5.69 Å². The van der Waals surface area contributed by atoms with Crippen LogP contribution in [0.5, 0.6) is 0 Å². The standard InChI is InChI=1S/C18H15BrN4OS/c1-12-21-16(13-6-8-20-9-7-13)10-18(22-12)25-11-17(24)23-15-5-3-2-4-14(15)19/h2-10H,11H2,1H3,(H,23,24). The Morgan fingerprint density at radius 3 is 2.68 bits per heavy atom. The Bertz CT molecular complexity index is 889. The molecule has 1 aromatic carbocycles. The Morgan fingerprint density at radius 1 is 1.16 bits per heavy atom. The number of hydrogen-bond donors (Lipinski definition) is 1. The number of aromatic nitrogens is 3. The number of carbonyl (C=O) groups excluding carboxylic acids is 1. The lowest BCUT2D eigenvalue weighted by Crippen LogP contribution is -2.14. The van der Waals surface area contributed by atoms with Crippen LogP contribution >= 0.6 is 27.7 Å². The van der Waals surface area contributed by atoms with Gasteiger partial charge in [0.15, 0.2) is 0 Å². The maximum atomic E-state index is 12.2. The van der Waals surface area contributed by atoms with E-state index in [4.69, 9.17) is 0 Å². The van der Waals surface area contributed by atoms with E-state index >= 15 is 0 Å². The lowest BCUT2D eigenvalue weighted by atomic mass is 10.2. The number of anilines is 1. The first-order chi connectivity index (χ1) is 12.1. The molecule has 7 heteroatoms. The average molecular weight is 415 g/mol. The maximum Gasteiger partial charge on any atom is 0.234 e. The molecule has 0 bridgehead atoms. The number of aryl methyl sites for hydroxylation is 1. The molecule has 25 heavy (non-hydrogen) atoms. The predicted octanol–water partition coefficient (Wildman–Crippen LogP) is 4.34. The van der Waals surface area contributed by atoms with Crippen molar-refractivity contribution in [2.24, 2.45) is 0 Å². The van der Waals surface area contributed by atoms with Crippen LogP contribution in [0.2, 0.25) is 0 Å². The van der Waals surface area contributed by atoms with Crippen LogP contribution in [0, 0.1) is 6.92 Å². The number of rotatable bonds is 5. The second-order valence-electron chi connectivity index (χ2n) is 5.19. The molecule has 1 amide bonds. The molecule has 126 valence electrons. The molecule has 3 aromatic rings. The normalized spacial score (nSPS) is 10.5. The van der Waals surface area contributed by atoms with Gasteiger partial charge in [-0.25, -0.2) is 9.97 Å². The van der Waals surface area contributed by atoms with Gasteiger partial charge in [0.05, 0.1) is 17.1 Å². The van der Waals surface area contributed by atoms with Gasteiger partial charge in [0.25, 0.3) is 0 Å². The molecule has 0 fully saturated rings. The molecule has 0 spiro atoms. The summed E-state index contributed by atoms with van der Waals surface area (Å²) >= 11 is 4.80. The highest BCUT2D eigenvalue weighted by Crippen LogP contribution is 2.24. The molecule has 3 rings (SSSR count). The summed E-state index contributed by atoms with van der Waals surface area (Å²) in [5.74, 6) is 0.856. The van der Waals surface area contributed by atoms with Crippen molar-refractivity contribution in [3.63, 3.8) is 0 Å². The summed E-state index contributed by atoms with van der Waals surface area (Å²) in [6.07, 6.45) is 3.45. The maximum absolute atomic E-state index is 12.2. The molecule has 0 atom stereocenters. The number of nitrogens with one attached hydrogen (secondary N) is 1.